The minimum absolute atomic E-state index is 0.0368. The van der Waals surface area contributed by atoms with Gasteiger partial charge in [0.15, 0.2) is 0 Å². The molecule has 1 aromatic carbocycles. The van der Waals surface area contributed by atoms with E-state index in [1.54, 1.807) is 0 Å². The van der Waals surface area contributed by atoms with Gasteiger partial charge in [-0.2, -0.15) is 0 Å². The summed E-state index contributed by atoms with van der Waals surface area (Å²) >= 11 is 14.6. The van der Waals surface area contributed by atoms with Crippen LogP contribution in [-0.2, 0) is 6.54 Å². The van der Waals surface area contributed by atoms with Crippen molar-refractivity contribution in [2.45, 2.75) is 12.6 Å². The molecule has 2 aliphatic heterocycles. The van der Waals surface area contributed by atoms with Gasteiger partial charge in [-0.15, -0.1) is 0 Å². The molecule has 2 aliphatic rings. The zero-order valence-corrected chi connectivity index (χ0v) is 14.7. The van der Waals surface area contributed by atoms with Crippen molar-refractivity contribution in [1.82, 2.24) is 9.80 Å². The number of halogens is 3. The first-order valence-corrected chi connectivity index (χ1v) is 8.32. The summed E-state index contributed by atoms with van der Waals surface area (Å²) in [6.07, 6.45) is -0.882. The molecule has 2 heterocycles. The fraction of sp³-hybridized carbons (Fsp3) is 0.462. The second kappa shape index (κ2) is 5.98. The average Bonchev–Trinajstić information content (AvgIpc) is 2.63. The fourth-order valence-electron chi connectivity index (χ4n) is 2.73. The van der Waals surface area contributed by atoms with Crippen molar-refractivity contribution in [3.05, 3.63) is 25.2 Å². The van der Waals surface area contributed by atoms with Gasteiger partial charge in [0.25, 0.3) is 0 Å². The molecule has 1 atom stereocenters. The van der Waals surface area contributed by atoms with Crippen molar-refractivity contribution in [2.75, 3.05) is 26.2 Å². The number of nitrogens with zero attached hydrogens (tertiary/aromatic N) is 2. The van der Waals surface area contributed by atoms with Gasteiger partial charge in [0, 0.05) is 31.7 Å². The Hall–Kier alpha value is -0.440. The van der Waals surface area contributed by atoms with Crippen molar-refractivity contribution in [3.8, 4) is 5.75 Å². The second-order valence-corrected chi connectivity index (χ2v) is 7.00. The van der Waals surface area contributed by atoms with Crippen LogP contribution in [-0.4, -0.2) is 53.3 Å². The van der Waals surface area contributed by atoms with E-state index in [0.29, 0.717) is 48.6 Å². The number of carbonyl (C=O) groups is 1. The van der Waals surface area contributed by atoms with Gasteiger partial charge in [0.1, 0.15) is 12.4 Å². The maximum Gasteiger partial charge on any atom is 0.407 e. The Balaban J connectivity index is 1.88. The minimum atomic E-state index is -0.882. The van der Waals surface area contributed by atoms with E-state index < -0.39 is 6.09 Å². The van der Waals surface area contributed by atoms with Gasteiger partial charge in [-0.25, -0.2) is 4.79 Å². The third-order valence-corrected chi connectivity index (χ3v) is 6.28. The normalized spacial score (nSPS) is 22.0. The van der Waals surface area contributed by atoms with Gasteiger partial charge in [0.05, 0.1) is 19.7 Å². The van der Waals surface area contributed by atoms with Gasteiger partial charge in [0.2, 0.25) is 0 Å². The smallest absolute Gasteiger partial charge is 0.407 e. The number of ether oxygens (including phenoxy) is 1. The summed E-state index contributed by atoms with van der Waals surface area (Å²) in [4.78, 5) is 14.8. The highest BCUT2D eigenvalue weighted by Gasteiger charge is 2.33. The summed E-state index contributed by atoms with van der Waals surface area (Å²) in [5.74, 6) is 0.668. The Morgan fingerprint density at radius 2 is 2.19 bits per heavy atom. The van der Waals surface area contributed by atoms with E-state index in [4.69, 9.17) is 33.0 Å². The van der Waals surface area contributed by atoms with Gasteiger partial charge in [-0.3, -0.25) is 4.90 Å². The van der Waals surface area contributed by atoms with Crippen LogP contribution in [0.4, 0.5) is 4.79 Å². The van der Waals surface area contributed by atoms with Crippen LogP contribution >= 0.6 is 45.8 Å². The minimum Gasteiger partial charge on any atom is -0.490 e. The maximum atomic E-state index is 11.1. The van der Waals surface area contributed by atoms with Crippen molar-refractivity contribution in [2.24, 2.45) is 0 Å². The summed E-state index contributed by atoms with van der Waals surface area (Å²) in [5, 5.41) is 10.3. The van der Waals surface area contributed by atoms with Crippen LogP contribution in [0.1, 0.15) is 5.56 Å². The average molecular weight is 443 g/mol. The van der Waals surface area contributed by atoms with E-state index in [0.717, 1.165) is 9.13 Å². The Morgan fingerprint density at radius 1 is 1.43 bits per heavy atom. The van der Waals surface area contributed by atoms with E-state index in [1.807, 2.05) is 6.07 Å². The molecule has 1 saturated heterocycles. The zero-order chi connectivity index (χ0) is 15.1. The molecule has 0 bridgehead atoms. The van der Waals surface area contributed by atoms with Crippen molar-refractivity contribution in [3.63, 3.8) is 0 Å². The molecule has 0 saturated carbocycles. The standard InChI is InChI=1S/C13H13Cl2IN2O3/c14-9-3-7-4-17-1-2-18(13(19)20)5-8(17)6-21-12(7)10(15)11(9)16/h3,8H,1-2,4-6H2,(H,19,20)/t8-/m1/s1. The lowest BCUT2D eigenvalue weighted by Gasteiger charge is -2.38. The Labute approximate surface area is 145 Å². The summed E-state index contributed by atoms with van der Waals surface area (Å²) in [6.45, 7) is 2.73. The first-order valence-electron chi connectivity index (χ1n) is 6.48. The summed E-state index contributed by atoms with van der Waals surface area (Å²) in [6, 6.07) is 1.92. The summed E-state index contributed by atoms with van der Waals surface area (Å²) in [5.41, 5.74) is 0.955. The molecule has 21 heavy (non-hydrogen) atoms. The molecule has 0 aliphatic carbocycles. The molecule has 8 heteroatoms. The highest BCUT2D eigenvalue weighted by molar-refractivity contribution is 14.1. The Morgan fingerprint density at radius 3 is 2.90 bits per heavy atom. The van der Waals surface area contributed by atoms with E-state index in [2.05, 4.69) is 27.5 Å². The van der Waals surface area contributed by atoms with Crippen molar-refractivity contribution in [1.29, 1.82) is 0 Å². The lowest BCUT2D eigenvalue weighted by atomic mass is 10.1. The Kier molecular flexibility index (Phi) is 4.40. The number of hydrogen-bond acceptors (Lipinski definition) is 3. The van der Waals surface area contributed by atoms with E-state index in [9.17, 15) is 4.79 Å². The molecule has 1 N–H and O–H groups in total. The predicted octanol–water partition coefficient (Wildman–Crippen LogP) is 3.15. The SMILES string of the molecule is O=C(O)N1CCN2Cc3cc(Cl)c(I)c(Cl)c3OC[C@H]2C1. The first-order chi connectivity index (χ1) is 9.97. The van der Waals surface area contributed by atoms with E-state index >= 15 is 0 Å². The number of amides is 1. The quantitative estimate of drug-likeness (QED) is 0.495. The molecule has 1 fully saturated rings. The van der Waals surface area contributed by atoms with Crippen LogP contribution in [0.3, 0.4) is 0 Å². The summed E-state index contributed by atoms with van der Waals surface area (Å²) in [7, 11) is 0. The van der Waals surface area contributed by atoms with Crippen LogP contribution in [0.2, 0.25) is 10.0 Å². The van der Waals surface area contributed by atoms with Crippen molar-refractivity contribution >= 4 is 51.9 Å². The van der Waals surface area contributed by atoms with Gasteiger partial charge < -0.3 is 14.7 Å². The fourth-order valence-corrected chi connectivity index (χ4v) is 3.69. The van der Waals surface area contributed by atoms with Crippen LogP contribution in [0.25, 0.3) is 0 Å². The first kappa shape index (κ1) is 15.5. The number of carboxylic acid groups (broad SMARTS) is 1. The topological polar surface area (TPSA) is 53.0 Å². The molecule has 5 nitrogen and oxygen atoms in total. The molecule has 0 aromatic heterocycles. The number of piperazine rings is 1. The van der Waals surface area contributed by atoms with Gasteiger partial charge >= 0.3 is 6.09 Å². The molecule has 1 amide bonds. The Bertz CT molecular complexity index is 599. The largest absolute Gasteiger partial charge is 0.490 e. The molecule has 0 radical (unpaired) electrons. The van der Waals surface area contributed by atoms with E-state index in [-0.39, 0.29) is 6.04 Å². The van der Waals surface area contributed by atoms with Crippen LogP contribution in [0.15, 0.2) is 6.07 Å². The molecule has 0 spiro atoms. The van der Waals surface area contributed by atoms with Crippen LogP contribution in [0.5, 0.6) is 5.75 Å². The lowest BCUT2D eigenvalue weighted by Crippen LogP contribution is -2.55. The number of benzene rings is 1. The summed E-state index contributed by atoms with van der Waals surface area (Å²) < 4.78 is 6.64. The maximum absolute atomic E-state index is 11.1. The van der Waals surface area contributed by atoms with Crippen LogP contribution in [0, 0.1) is 3.57 Å². The molecular weight excluding hydrogens is 430 g/mol. The molecular formula is C13H13Cl2IN2O3. The van der Waals surface area contributed by atoms with Crippen molar-refractivity contribution < 1.29 is 14.6 Å². The highest BCUT2D eigenvalue weighted by atomic mass is 127. The molecule has 1 aromatic rings. The van der Waals surface area contributed by atoms with Crippen LogP contribution < -0.4 is 4.74 Å². The number of fused-ring (bicyclic) bond motifs is 2. The van der Waals surface area contributed by atoms with E-state index in [1.165, 1.54) is 4.90 Å². The monoisotopic (exact) mass is 442 g/mol. The van der Waals surface area contributed by atoms with Gasteiger partial charge in [-0.05, 0) is 28.7 Å². The molecule has 114 valence electrons. The second-order valence-electron chi connectivity index (χ2n) is 5.14. The lowest BCUT2D eigenvalue weighted by molar-refractivity contribution is 0.0503. The number of rotatable bonds is 0. The van der Waals surface area contributed by atoms with Gasteiger partial charge in [-0.1, -0.05) is 23.2 Å². The predicted molar refractivity (Wildman–Crippen MR) is 88.5 cm³/mol. The third kappa shape index (κ3) is 2.91. The molecule has 3 rings (SSSR count). The third-order valence-electron chi connectivity index (χ3n) is 3.86. The number of hydrogen-bond donors (Lipinski definition) is 1. The highest BCUT2D eigenvalue weighted by Crippen LogP contribution is 2.40. The zero-order valence-electron chi connectivity index (χ0n) is 11.0. The molecule has 0 unspecified atom stereocenters.